The molecule has 2 N–H and O–H groups in total. The molecule has 20 heavy (non-hydrogen) atoms. The van der Waals surface area contributed by atoms with Crippen LogP contribution in [0.3, 0.4) is 0 Å². The van der Waals surface area contributed by atoms with E-state index in [0.29, 0.717) is 0 Å². The summed E-state index contributed by atoms with van der Waals surface area (Å²) in [5.74, 6) is 0.796. The van der Waals surface area contributed by atoms with Crippen molar-refractivity contribution in [2.75, 3.05) is 5.32 Å². The summed E-state index contributed by atoms with van der Waals surface area (Å²) < 4.78 is 0. The quantitative estimate of drug-likeness (QED) is 0.906. The van der Waals surface area contributed by atoms with Crippen molar-refractivity contribution in [1.29, 1.82) is 0 Å². The molecule has 2 aromatic rings. The Hall–Kier alpha value is -1.39. The van der Waals surface area contributed by atoms with Gasteiger partial charge in [-0.1, -0.05) is 19.1 Å². The van der Waals surface area contributed by atoms with Gasteiger partial charge in [0.2, 0.25) is 0 Å². The van der Waals surface area contributed by atoms with Gasteiger partial charge in [-0.15, -0.1) is 11.3 Å². The second-order valence-corrected chi connectivity index (χ2v) is 6.71. The SMILES string of the molecule is C[C@H]1CCc2nc(CNc3cccc(CO)c3)sc2C1. The molecule has 3 nitrogen and oxygen atoms in total. The Morgan fingerprint density at radius 3 is 3.20 bits per heavy atom. The number of thiazole rings is 1. The van der Waals surface area contributed by atoms with Crippen LogP contribution in [0.5, 0.6) is 0 Å². The first-order valence-electron chi connectivity index (χ1n) is 7.15. The molecule has 0 bridgehead atoms. The van der Waals surface area contributed by atoms with Gasteiger partial charge >= 0.3 is 0 Å². The molecule has 0 spiro atoms. The van der Waals surface area contributed by atoms with Crippen LogP contribution >= 0.6 is 11.3 Å². The summed E-state index contributed by atoms with van der Waals surface area (Å²) in [6, 6.07) is 7.89. The first kappa shape index (κ1) is 13.6. The molecule has 0 unspecified atom stereocenters. The third-order valence-corrected chi connectivity index (χ3v) is 4.90. The Morgan fingerprint density at radius 1 is 1.45 bits per heavy atom. The standard InChI is InChI=1S/C16H20N2OS/c1-11-5-6-14-15(7-11)20-16(18-14)9-17-13-4-2-3-12(8-13)10-19/h2-4,8,11,17,19H,5-7,9-10H2,1H3/t11-/m0/s1. The highest BCUT2D eigenvalue weighted by Gasteiger charge is 2.19. The molecule has 0 aliphatic heterocycles. The summed E-state index contributed by atoms with van der Waals surface area (Å²) in [6.45, 7) is 3.17. The molecule has 1 atom stereocenters. The lowest BCUT2D eigenvalue weighted by atomic mass is 9.93. The fourth-order valence-corrected chi connectivity index (χ4v) is 3.84. The number of rotatable bonds is 4. The van der Waals surface area contributed by atoms with E-state index in [9.17, 15) is 0 Å². The number of anilines is 1. The molecule has 1 aliphatic rings. The minimum atomic E-state index is 0.0823. The molecule has 0 saturated carbocycles. The van der Waals surface area contributed by atoms with Gasteiger partial charge in [0.25, 0.3) is 0 Å². The Bertz CT molecular complexity index is 594. The number of nitrogens with zero attached hydrogens (tertiary/aromatic N) is 1. The zero-order valence-corrected chi connectivity index (χ0v) is 12.5. The van der Waals surface area contributed by atoms with Crippen LogP contribution in [0.2, 0.25) is 0 Å². The van der Waals surface area contributed by atoms with Crippen LogP contribution in [0.1, 0.15) is 34.5 Å². The predicted molar refractivity (Wildman–Crippen MR) is 83.0 cm³/mol. The van der Waals surface area contributed by atoms with E-state index < -0.39 is 0 Å². The lowest BCUT2D eigenvalue weighted by Gasteiger charge is -2.15. The highest BCUT2D eigenvalue weighted by atomic mass is 32.1. The van der Waals surface area contributed by atoms with Crippen molar-refractivity contribution in [2.45, 2.75) is 39.3 Å². The Balaban J connectivity index is 1.66. The van der Waals surface area contributed by atoms with Crippen molar-refractivity contribution in [1.82, 2.24) is 4.98 Å². The molecule has 0 saturated heterocycles. The molecule has 106 valence electrons. The summed E-state index contributed by atoms with van der Waals surface area (Å²) in [6.07, 6.45) is 3.59. The van der Waals surface area contributed by atoms with E-state index in [0.717, 1.165) is 30.1 Å². The number of aliphatic hydroxyl groups excluding tert-OH is 1. The van der Waals surface area contributed by atoms with Crippen molar-refractivity contribution in [3.05, 3.63) is 45.4 Å². The minimum Gasteiger partial charge on any atom is -0.392 e. The predicted octanol–water partition coefficient (Wildman–Crippen LogP) is 3.37. The largest absolute Gasteiger partial charge is 0.392 e. The number of hydrogen-bond donors (Lipinski definition) is 2. The third kappa shape index (κ3) is 3.02. The van der Waals surface area contributed by atoms with E-state index in [1.807, 2.05) is 35.6 Å². The van der Waals surface area contributed by atoms with Gasteiger partial charge < -0.3 is 10.4 Å². The molecule has 0 radical (unpaired) electrons. The first-order valence-corrected chi connectivity index (χ1v) is 7.97. The molecule has 1 aliphatic carbocycles. The summed E-state index contributed by atoms with van der Waals surface area (Å²) >= 11 is 1.85. The van der Waals surface area contributed by atoms with E-state index in [2.05, 4.69) is 12.2 Å². The number of hydrogen-bond acceptors (Lipinski definition) is 4. The highest BCUT2D eigenvalue weighted by Crippen LogP contribution is 2.30. The average Bonchev–Trinajstić information content (AvgIpc) is 2.87. The van der Waals surface area contributed by atoms with Crippen LogP contribution in [0.25, 0.3) is 0 Å². The van der Waals surface area contributed by atoms with Gasteiger partial charge in [0.1, 0.15) is 5.01 Å². The Kier molecular flexibility index (Phi) is 4.03. The summed E-state index contributed by atoms with van der Waals surface area (Å²) in [5, 5.41) is 13.7. The van der Waals surface area contributed by atoms with Gasteiger partial charge in [0.05, 0.1) is 18.8 Å². The van der Waals surface area contributed by atoms with Crippen LogP contribution in [0, 0.1) is 5.92 Å². The van der Waals surface area contributed by atoms with Crippen molar-refractivity contribution < 1.29 is 5.11 Å². The molecule has 1 heterocycles. The van der Waals surface area contributed by atoms with Crippen molar-refractivity contribution in [3.8, 4) is 0 Å². The maximum Gasteiger partial charge on any atom is 0.112 e. The molecule has 1 aromatic carbocycles. The van der Waals surface area contributed by atoms with Gasteiger partial charge in [-0.3, -0.25) is 0 Å². The number of benzene rings is 1. The first-order chi connectivity index (χ1) is 9.74. The summed E-state index contributed by atoms with van der Waals surface area (Å²) in [5.41, 5.74) is 3.29. The fraction of sp³-hybridized carbons (Fsp3) is 0.438. The zero-order chi connectivity index (χ0) is 13.9. The Labute approximate surface area is 123 Å². The van der Waals surface area contributed by atoms with E-state index in [1.54, 1.807) is 0 Å². The fourth-order valence-electron chi connectivity index (χ4n) is 2.63. The molecule has 1 aromatic heterocycles. The van der Waals surface area contributed by atoms with Crippen LogP contribution in [0.4, 0.5) is 5.69 Å². The second kappa shape index (κ2) is 5.94. The van der Waals surface area contributed by atoms with Gasteiger partial charge in [0.15, 0.2) is 0 Å². The second-order valence-electron chi connectivity index (χ2n) is 5.54. The van der Waals surface area contributed by atoms with Crippen molar-refractivity contribution in [2.24, 2.45) is 5.92 Å². The number of aromatic nitrogens is 1. The lowest BCUT2D eigenvalue weighted by molar-refractivity contribution is 0.282. The van der Waals surface area contributed by atoms with Crippen molar-refractivity contribution in [3.63, 3.8) is 0 Å². The maximum atomic E-state index is 9.14. The summed E-state index contributed by atoms with van der Waals surface area (Å²) in [7, 11) is 0. The molecule has 3 rings (SSSR count). The maximum absolute atomic E-state index is 9.14. The summed E-state index contributed by atoms with van der Waals surface area (Å²) in [4.78, 5) is 6.23. The molecule has 0 amide bonds. The van der Waals surface area contributed by atoms with Crippen LogP contribution < -0.4 is 5.32 Å². The topological polar surface area (TPSA) is 45.2 Å². The van der Waals surface area contributed by atoms with Crippen LogP contribution in [-0.2, 0) is 26.0 Å². The van der Waals surface area contributed by atoms with Gasteiger partial charge in [0, 0.05) is 10.6 Å². The molecular weight excluding hydrogens is 268 g/mol. The Morgan fingerprint density at radius 2 is 2.35 bits per heavy atom. The molecular formula is C16H20N2OS. The van der Waals surface area contributed by atoms with Crippen LogP contribution in [0.15, 0.2) is 24.3 Å². The van der Waals surface area contributed by atoms with E-state index in [1.165, 1.54) is 28.4 Å². The normalized spacial score (nSPS) is 17.8. The molecule has 4 heteroatoms. The number of nitrogens with one attached hydrogen (secondary N) is 1. The third-order valence-electron chi connectivity index (χ3n) is 3.78. The number of fused-ring (bicyclic) bond motifs is 1. The monoisotopic (exact) mass is 288 g/mol. The van der Waals surface area contributed by atoms with Gasteiger partial charge in [-0.25, -0.2) is 4.98 Å². The van der Waals surface area contributed by atoms with Crippen LogP contribution in [-0.4, -0.2) is 10.1 Å². The number of aliphatic hydroxyl groups is 1. The highest BCUT2D eigenvalue weighted by molar-refractivity contribution is 7.11. The molecule has 0 fully saturated rings. The van der Waals surface area contributed by atoms with Gasteiger partial charge in [-0.2, -0.15) is 0 Å². The zero-order valence-electron chi connectivity index (χ0n) is 11.7. The average molecular weight is 288 g/mol. The number of aryl methyl sites for hydroxylation is 1. The lowest BCUT2D eigenvalue weighted by Crippen LogP contribution is -2.09. The van der Waals surface area contributed by atoms with E-state index in [4.69, 9.17) is 10.1 Å². The van der Waals surface area contributed by atoms with Crippen molar-refractivity contribution >= 4 is 17.0 Å². The smallest absolute Gasteiger partial charge is 0.112 e. The van der Waals surface area contributed by atoms with E-state index in [-0.39, 0.29) is 6.61 Å². The minimum absolute atomic E-state index is 0.0823. The van der Waals surface area contributed by atoms with E-state index >= 15 is 0 Å². The van der Waals surface area contributed by atoms with Gasteiger partial charge in [-0.05, 0) is 42.9 Å².